The van der Waals surface area contributed by atoms with Gasteiger partial charge in [0.25, 0.3) is 0 Å². The van der Waals surface area contributed by atoms with Crippen LogP contribution in [0.4, 0.5) is 0 Å². The van der Waals surface area contributed by atoms with Crippen molar-refractivity contribution in [2.24, 2.45) is 0 Å². The van der Waals surface area contributed by atoms with Gasteiger partial charge in [-0.15, -0.1) is 11.8 Å². The number of rotatable bonds is 9. The van der Waals surface area contributed by atoms with E-state index in [-0.39, 0.29) is 11.2 Å². The van der Waals surface area contributed by atoms with Crippen LogP contribution in [0.5, 0.6) is 0 Å². The Balaban J connectivity index is 1.74. The maximum Gasteiger partial charge on any atom is 0.233 e. The Morgan fingerprint density at radius 1 is 1.38 bits per heavy atom. The molecule has 1 aromatic rings. The Morgan fingerprint density at radius 3 is 2.71 bits per heavy atom. The van der Waals surface area contributed by atoms with Crippen molar-refractivity contribution in [1.29, 1.82) is 0 Å². The molecule has 1 amide bonds. The molecular formula is C16H24N2O2S. The summed E-state index contributed by atoms with van der Waals surface area (Å²) in [6.45, 7) is 4.38. The van der Waals surface area contributed by atoms with Gasteiger partial charge in [0.15, 0.2) is 0 Å². The number of hydrogen-bond donors (Lipinski definition) is 2. The van der Waals surface area contributed by atoms with Gasteiger partial charge in [-0.2, -0.15) is 0 Å². The van der Waals surface area contributed by atoms with Gasteiger partial charge in [-0.1, -0.05) is 12.1 Å². The Hall–Kier alpha value is -1.04. The smallest absolute Gasteiger partial charge is 0.233 e. The lowest BCUT2D eigenvalue weighted by Gasteiger charge is -2.12. The van der Waals surface area contributed by atoms with E-state index in [0.717, 1.165) is 37.4 Å². The van der Waals surface area contributed by atoms with E-state index in [1.54, 1.807) is 18.9 Å². The van der Waals surface area contributed by atoms with Gasteiger partial charge in [0.1, 0.15) is 0 Å². The molecule has 0 heterocycles. The Labute approximate surface area is 131 Å². The van der Waals surface area contributed by atoms with Crippen LogP contribution in [0.25, 0.3) is 0 Å². The van der Waals surface area contributed by atoms with E-state index in [4.69, 9.17) is 4.74 Å². The van der Waals surface area contributed by atoms with Crippen LogP contribution in [-0.4, -0.2) is 37.5 Å². The molecular weight excluding hydrogens is 284 g/mol. The molecule has 1 saturated carbocycles. The maximum absolute atomic E-state index is 11.9. The summed E-state index contributed by atoms with van der Waals surface area (Å²) in [5, 5.41) is 6.31. The van der Waals surface area contributed by atoms with Crippen LogP contribution < -0.4 is 10.6 Å². The molecule has 116 valence electrons. The quantitative estimate of drug-likeness (QED) is 0.542. The molecule has 0 radical (unpaired) electrons. The van der Waals surface area contributed by atoms with E-state index in [1.807, 2.05) is 6.92 Å². The van der Waals surface area contributed by atoms with Crippen molar-refractivity contribution in [3.8, 4) is 0 Å². The van der Waals surface area contributed by atoms with Gasteiger partial charge in [-0.25, -0.2) is 0 Å². The van der Waals surface area contributed by atoms with Crippen molar-refractivity contribution in [2.75, 3.05) is 20.3 Å². The van der Waals surface area contributed by atoms with Crippen molar-refractivity contribution >= 4 is 17.7 Å². The zero-order valence-electron chi connectivity index (χ0n) is 12.7. The zero-order chi connectivity index (χ0) is 15.1. The Bertz CT molecular complexity index is 446. The van der Waals surface area contributed by atoms with Crippen molar-refractivity contribution in [2.45, 2.75) is 42.5 Å². The van der Waals surface area contributed by atoms with Gasteiger partial charge in [0.2, 0.25) is 5.91 Å². The van der Waals surface area contributed by atoms with Crippen LogP contribution in [-0.2, 0) is 16.1 Å². The molecule has 21 heavy (non-hydrogen) atoms. The van der Waals surface area contributed by atoms with Gasteiger partial charge in [0, 0.05) is 31.1 Å². The second-order valence-corrected chi connectivity index (χ2v) is 6.77. The molecule has 5 heteroatoms. The molecule has 0 aromatic heterocycles. The normalized spacial score (nSPS) is 15.7. The molecule has 0 bridgehead atoms. The number of carbonyl (C=O) groups is 1. The maximum atomic E-state index is 11.9. The molecule has 2 N–H and O–H groups in total. The predicted molar refractivity (Wildman–Crippen MR) is 86.5 cm³/mol. The van der Waals surface area contributed by atoms with E-state index >= 15 is 0 Å². The van der Waals surface area contributed by atoms with Crippen molar-refractivity contribution in [1.82, 2.24) is 10.6 Å². The van der Waals surface area contributed by atoms with Crippen LogP contribution >= 0.6 is 11.8 Å². The molecule has 2 rings (SSSR count). The van der Waals surface area contributed by atoms with Gasteiger partial charge in [0.05, 0.1) is 11.9 Å². The second-order valence-electron chi connectivity index (χ2n) is 5.36. The summed E-state index contributed by atoms with van der Waals surface area (Å²) >= 11 is 1.61. The summed E-state index contributed by atoms with van der Waals surface area (Å²) in [5.41, 5.74) is 1.24. The van der Waals surface area contributed by atoms with Gasteiger partial charge in [-0.3, -0.25) is 4.79 Å². The second kappa shape index (κ2) is 8.41. The highest BCUT2D eigenvalue weighted by Crippen LogP contribution is 2.25. The average Bonchev–Trinajstić information content (AvgIpc) is 3.29. The lowest BCUT2D eigenvalue weighted by Crippen LogP contribution is -2.32. The summed E-state index contributed by atoms with van der Waals surface area (Å²) in [6, 6.07) is 8.81. The van der Waals surface area contributed by atoms with E-state index < -0.39 is 0 Å². The number of thioether (sulfide) groups is 1. The number of carbonyl (C=O) groups excluding carboxylic acids is 1. The van der Waals surface area contributed by atoms with Gasteiger partial charge < -0.3 is 15.4 Å². The standard InChI is InChI=1S/C16H24N2O2S/c1-12(16(19)18-14-5-6-14)21-15-7-3-13(4-8-15)11-17-9-10-20-2/h3-4,7-8,12,14,17H,5-6,9-11H2,1-2H3,(H,18,19). The Morgan fingerprint density at radius 2 is 2.10 bits per heavy atom. The number of amides is 1. The van der Waals surface area contributed by atoms with Crippen molar-refractivity contribution in [3.05, 3.63) is 29.8 Å². The number of methoxy groups -OCH3 is 1. The molecule has 1 aromatic carbocycles. The first-order chi connectivity index (χ1) is 10.2. The highest BCUT2D eigenvalue weighted by atomic mass is 32.2. The fourth-order valence-electron chi connectivity index (χ4n) is 1.90. The fraction of sp³-hybridized carbons (Fsp3) is 0.562. The molecule has 0 spiro atoms. The third kappa shape index (κ3) is 6.08. The first-order valence-corrected chi connectivity index (χ1v) is 8.32. The number of hydrogen-bond acceptors (Lipinski definition) is 4. The van der Waals surface area contributed by atoms with Crippen LogP contribution in [0.1, 0.15) is 25.3 Å². The minimum Gasteiger partial charge on any atom is -0.383 e. The van der Waals surface area contributed by atoms with E-state index in [9.17, 15) is 4.79 Å². The van der Waals surface area contributed by atoms with Crippen molar-refractivity contribution in [3.63, 3.8) is 0 Å². The first kappa shape index (κ1) is 16.3. The molecule has 1 atom stereocenters. The largest absolute Gasteiger partial charge is 0.383 e. The molecule has 1 fully saturated rings. The Kier molecular flexibility index (Phi) is 6.54. The molecule has 0 saturated heterocycles. The number of ether oxygens (including phenoxy) is 1. The number of nitrogens with one attached hydrogen (secondary N) is 2. The monoisotopic (exact) mass is 308 g/mol. The number of benzene rings is 1. The van der Waals surface area contributed by atoms with Crippen LogP contribution in [0.15, 0.2) is 29.2 Å². The molecule has 0 aliphatic heterocycles. The van der Waals surface area contributed by atoms with Gasteiger partial charge >= 0.3 is 0 Å². The first-order valence-electron chi connectivity index (χ1n) is 7.44. The molecule has 1 aliphatic carbocycles. The lowest BCUT2D eigenvalue weighted by molar-refractivity contribution is -0.120. The van der Waals surface area contributed by atoms with Crippen LogP contribution in [0.3, 0.4) is 0 Å². The zero-order valence-corrected chi connectivity index (χ0v) is 13.5. The van der Waals surface area contributed by atoms with E-state index in [2.05, 4.69) is 34.9 Å². The fourth-order valence-corrected chi connectivity index (χ4v) is 2.77. The summed E-state index contributed by atoms with van der Waals surface area (Å²) in [6.07, 6.45) is 2.27. The molecule has 1 unspecified atom stereocenters. The molecule has 1 aliphatic rings. The lowest BCUT2D eigenvalue weighted by atomic mass is 10.2. The predicted octanol–water partition coefficient (Wildman–Crippen LogP) is 2.18. The summed E-state index contributed by atoms with van der Waals surface area (Å²) in [7, 11) is 1.70. The average molecular weight is 308 g/mol. The summed E-state index contributed by atoms with van der Waals surface area (Å²) in [5.74, 6) is 0.146. The van der Waals surface area contributed by atoms with Crippen molar-refractivity contribution < 1.29 is 9.53 Å². The topological polar surface area (TPSA) is 50.4 Å². The molecule has 4 nitrogen and oxygen atoms in total. The van der Waals surface area contributed by atoms with E-state index in [1.165, 1.54) is 5.56 Å². The highest BCUT2D eigenvalue weighted by molar-refractivity contribution is 8.00. The highest BCUT2D eigenvalue weighted by Gasteiger charge is 2.25. The van der Waals surface area contributed by atoms with Gasteiger partial charge in [-0.05, 0) is 37.5 Å². The SMILES string of the molecule is COCCNCc1ccc(SC(C)C(=O)NC2CC2)cc1. The minimum absolute atomic E-state index is 0.0451. The third-order valence-electron chi connectivity index (χ3n) is 3.34. The van der Waals surface area contributed by atoms with Crippen LogP contribution in [0, 0.1) is 0 Å². The third-order valence-corrected chi connectivity index (χ3v) is 4.45. The van der Waals surface area contributed by atoms with E-state index in [0.29, 0.717) is 6.04 Å². The minimum atomic E-state index is -0.0451. The summed E-state index contributed by atoms with van der Waals surface area (Å²) in [4.78, 5) is 13.0. The summed E-state index contributed by atoms with van der Waals surface area (Å²) < 4.78 is 4.99. The van der Waals surface area contributed by atoms with Crippen LogP contribution in [0.2, 0.25) is 0 Å².